The minimum atomic E-state index is -0.916. The molecule has 17 heavy (non-hydrogen) atoms. The maximum Gasteiger partial charge on any atom is 0.160 e. The predicted molar refractivity (Wildman–Crippen MR) is 63.0 cm³/mol. The Morgan fingerprint density at radius 2 is 1.94 bits per heavy atom. The molecule has 2 aromatic rings. The van der Waals surface area contributed by atoms with Crippen molar-refractivity contribution in [3.63, 3.8) is 0 Å². The van der Waals surface area contributed by atoms with Crippen molar-refractivity contribution >= 4 is 17.2 Å². The van der Waals surface area contributed by atoms with E-state index in [0.29, 0.717) is 17.2 Å². The zero-order valence-corrected chi connectivity index (χ0v) is 9.17. The van der Waals surface area contributed by atoms with Gasteiger partial charge in [-0.1, -0.05) is 0 Å². The normalized spacial score (nSPS) is 10.3. The van der Waals surface area contributed by atoms with Crippen molar-refractivity contribution in [1.29, 1.82) is 0 Å². The maximum absolute atomic E-state index is 13.0. The van der Waals surface area contributed by atoms with Crippen molar-refractivity contribution in [2.24, 2.45) is 0 Å². The summed E-state index contributed by atoms with van der Waals surface area (Å²) in [7, 11) is 0. The first-order chi connectivity index (χ1) is 8.06. The average Bonchev–Trinajstić information content (AvgIpc) is 2.27. The highest BCUT2D eigenvalue weighted by Crippen LogP contribution is 2.22. The van der Waals surface area contributed by atoms with E-state index in [1.807, 2.05) is 6.92 Å². The number of hydrogen-bond acceptors (Lipinski definition) is 3. The van der Waals surface area contributed by atoms with E-state index in [-0.39, 0.29) is 0 Å². The third-order valence-corrected chi connectivity index (χ3v) is 2.24. The third-order valence-electron chi connectivity index (χ3n) is 2.24. The molecule has 0 fully saturated rings. The molecule has 0 spiro atoms. The van der Waals surface area contributed by atoms with E-state index in [0.717, 1.165) is 17.7 Å². The van der Waals surface area contributed by atoms with Crippen molar-refractivity contribution in [3.05, 3.63) is 47.7 Å². The second-order valence-corrected chi connectivity index (χ2v) is 3.70. The van der Waals surface area contributed by atoms with E-state index in [1.165, 1.54) is 6.07 Å². The number of aryl methyl sites for hydroxylation is 1. The molecule has 0 unspecified atom stereocenters. The summed E-state index contributed by atoms with van der Waals surface area (Å²) in [5.41, 5.74) is 7.52. The number of halogens is 2. The Bertz CT molecular complexity index is 555. The summed E-state index contributed by atoms with van der Waals surface area (Å²) in [5, 5.41) is 2.82. The van der Waals surface area contributed by atoms with Crippen LogP contribution in [-0.4, -0.2) is 4.98 Å². The summed E-state index contributed by atoms with van der Waals surface area (Å²) in [6.07, 6.45) is 1.64. The van der Waals surface area contributed by atoms with Gasteiger partial charge in [0.15, 0.2) is 17.5 Å². The number of nitrogens with zero attached hydrogens (tertiary/aromatic N) is 1. The summed E-state index contributed by atoms with van der Waals surface area (Å²) in [6, 6.07) is 5.26. The van der Waals surface area contributed by atoms with Gasteiger partial charge in [-0.3, -0.25) is 0 Å². The van der Waals surface area contributed by atoms with E-state index < -0.39 is 11.6 Å². The molecule has 1 heterocycles. The largest absolute Gasteiger partial charge is 0.396 e. The number of aromatic nitrogens is 1. The van der Waals surface area contributed by atoms with Gasteiger partial charge in [0.05, 0.1) is 5.69 Å². The predicted octanol–water partition coefficient (Wildman–Crippen LogP) is 2.99. The lowest BCUT2D eigenvalue weighted by molar-refractivity contribution is 0.509. The highest BCUT2D eigenvalue weighted by molar-refractivity contribution is 5.68. The first-order valence-electron chi connectivity index (χ1n) is 5.00. The molecule has 0 saturated carbocycles. The van der Waals surface area contributed by atoms with Crippen molar-refractivity contribution in [2.75, 3.05) is 11.1 Å². The van der Waals surface area contributed by atoms with Crippen LogP contribution < -0.4 is 11.1 Å². The first kappa shape index (κ1) is 11.3. The van der Waals surface area contributed by atoms with Crippen LogP contribution >= 0.6 is 0 Å². The molecule has 0 atom stereocenters. The number of anilines is 3. The Labute approximate surface area is 97.3 Å². The Morgan fingerprint density at radius 1 is 1.18 bits per heavy atom. The molecule has 0 aliphatic carbocycles. The summed E-state index contributed by atoms with van der Waals surface area (Å²) in [5.74, 6) is -1.39. The van der Waals surface area contributed by atoms with Crippen LogP contribution in [0.5, 0.6) is 0 Å². The minimum absolute atomic E-state index is 0.395. The smallest absolute Gasteiger partial charge is 0.160 e. The van der Waals surface area contributed by atoms with Crippen LogP contribution in [0.3, 0.4) is 0 Å². The zero-order valence-electron chi connectivity index (χ0n) is 9.17. The first-order valence-corrected chi connectivity index (χ1v) is 5.00. The fraction of sp³-hybridized carbons (Fsp3) is 0.0833. The van der Waals surface area contributed by atoms with Gasteiger partial charge >= 0.3 is 0 Å². The standard InChI is InChI=1S/C12H11F2N3/c1-7-4-11(15)12(16-6-7)17-8-2-3-9(13)10(14)5-8/h2-6H,15H2,1H3,(H,16,17). The van der Waals surface area contributed by atoms with Gasteiger partial charge in [0, 0.05) is 18.0 Å². The fourth-order valence-corrected chi connectivity index (χ4v) is 1.41. The highest BCUT2D eigenvalue weighted by atomic mass is 19.2. The third kappa shape index (κ3) is 2.50. The molecule has 0 aliphatic heterocycles. The molecule has 0 bridgehead atoms. The van der Waals surface area contributed by atoms with Gasteiger partial charge in [-0.05, 0) is 30.7 Å². The Hall–Kier alpha value is -2.17. The number of rotatable bonds is 2. The average molecular weight is 235 g/mol. The molecule has 1 aromatic carbocycles. The molecular formula is C12H11F2N3. The van der Waals surface area contributed by atoms with E-state index in [2.05, 4.69) is 10.3 Å². The molecule has 2 rings (SSSR count). The number of nitrogens with two attached hydrogens (primary N) is 1. The van der Waals surface area contributed by atoms with Gasteiger partial charge in [-0.2, -0.15) is 0 Å². The van der Waals surface area contributed by atoms with Crippen LogP contribution in [-0.2, 0) is 0 Å². The van der Waals surface area contributed by atoms with Gasteiger partial charge in [0.25, 0.3) is 0 Å². The topological polar surface area (TPSA) is 50.9 Å². The molecule has 0 aliphatic rings. The van der Waals surface area contributed by atoms with E-state index in [4.69, 9.17) is 5.73 Å². The number of nitrogens with one attached hydrogen (secondary N) is 1. The minimum Gasteiger partial charge on any atom is -0.396 e. The van der Waals surface area contributed by atoms with Gasteiger partial charge < -0.3 is 11.1 Å². The number of benzene rings is 1. The highest BCUT2D eigenvalue weighted by Gasteiger charge is 2.05. The summed E-state index contributed by atoms with van der Waals surface area (Å²) >= 11 is 0. The number of pyridine rings is 1. The van der Waals surface area contributed by atoms with Gasteiger partial charge in [-0.15, -0.1) is 0 Å². The van der Waals surface area contributed by atoms with Crippen LogP contribution in [0.2, 0.25) is 0 Å². The zero-order chi connectivity index (χ0) is 12.4. The molecular weight excluding hydrogens is 224 g/mol. The quantitative estimate of drug-likeness (QED) is 0.841. The van der Waals surface area contributed by atoms with Crippen LogP contribution in [0.25, 0.3) is 0 Å². The van der Waals surface area contributed by atoms with Crippen LogP contribution in [0.15, 0.2) is 30.5 Å². The maximum atomic E-state index is 13.0. The molecule has 0 radical (unpaired) electrons. The lowest BCUT2D eigenvalue weighted by Gasteiger charge is -2.08. The summed E-state index contributed by atoms with van der Waals surface area (Å²) in [6.45, 7) is 1.87. The molecule has 3 N–H and O–H groups in total. The lowest BCUT2D eigenvalue weighted by atomic mass is 10.2. The second kappa shape index (κ2) is 4.37. The molecule has 1 aromatic heterocycles. The Morgan fingerprint density at radius 3 is 2.59 bits per heavy atom. The fourth-order valence-electron chi connectivity index (χ4n) is 1.41. The van der Waals surface area contributed by atoms with Crippen molar-refractivity contribution in [2.45, 2.75) is 6.92 Å². The van der Waals surface area contributed by atoms with E-state index in [9.17, 15) is 8.78 Å². The molecule has 0 amide bonds. The van der Waals surface area contributed by atoms with Crippen LogP contribution in [0.1, 0.15) is 5.56 Å². The SMILES string of the molecule is Cc1cnc(Nc2ccc(F)c(F)c2)c(N)c1. The monoisotopic (exact) mass is 235 g/mol. The Balaban J connectivity index is 2.28. The van der Waals surface area contributed by atoms with E-state index in [1.54, 1.807) is 12.3 Å². The van der Waals surface area contributed by atoms with Crippen molar-refractivity contribution < 1.29 is 8.78 Å². The number of hydrogen-bond donors (Lipinski definition) is 2. The molecule has 3 nitrogen and oxygen atoms in total. The molecule has 0 saturated heterocycles. The summed E-state index contributed by atoms with van der Waals surface area (Å²) in [4.78, 5) is 4.07. The lowest BCUT2D eigenvalue weighted by Crippen LogP contribution is -2.00. The van der Waals surface area contributed by atoms with Gasteiger partial charge in [-0.25, -0.2) is 13.8 Å². The van der Waals surface area contributed by atoms with Gasteiger partial charge in [0.2, 0.25) is 0 Å². The second-order valence-electron chi connectivity index (χ2n) is 3.70. The number of nitrogen functional groups attached to an aromatic ring is 1. The van der Waals surface area contributed by atoms with Crippen molar-refractivity contribution in [3.8, 4) is 0 Å². The van der Waals surface area contributed by atoms with Gasteiger partial charge in [0.1, 0.15) is 0 Å². The van der Waals surface area contributed by atoms with Crippen LogP contribution in [0.4, 0.5) is 26.0 Å². The molecule has 5 heteroatoms. The van der Waals surface area contributed by atoms with E-state index >= 15 is 0 Å². The van der Waals surface area contributed by atoms with Crippen molar-refractivity contribution in [1.82, 2.24) is 4.98 Å². The van der Waals surface area contributed by atoms with Crippen LogP contribution in [0, 0.1) is 18.6 Å². The Kier molecular flexibility index (Phi) is 2.91. The summed E-state index contributed by atoms with van der Waals surface area (Å²) < 4.78 is 25.7. The molecule has 88 valence electrons.